The lowest BCUT2D eigenvalue weighted by molar-refractivity contribution is -0.168. The molecule has 3 nitrogen and oxygen atoms in total. The molecular weight excluding hydrogens is 288 g/mol. The van der Waals surface area contributed by atoms with Crippen molar-refractivity contribution >= 4 is 5.97 Å². The molecule has 2 fully saturated rings. The van der Waals surface area contributed by atoms with Gasteiger partial charge in [0.25, 0.3) is 0 Å². The first-order valence-corrected chi connectivity index (χ1v) is 8.94. The number of rotatable bonds is 2. The van der Waals surface area contributed by atoms with Gasteiger partial charge in [0.1, 0.15) is 0 Å². The van der Waals surface area contributed by atoms with Crippen molar-refractivity contribution in [3.63, 3.8) is 0 Å². The number of allylic oxidation sites excluding steroid dienone is 2. The number of aliphatic carboxylic acids is 1. The molecule has 23 heavy (non-hydrogen) atoms. The Balaban J connectivity index is 2.05. The standard InChI is InChI=1S/C20H30O3/c1-5-18(2)10-7-14-13(12-18)15(21)11-16-19(14,3)8-6-9-20(16,4)17(22)23/h5,12,14-16,21H,1,6-11H2,2-4H3,(H,22,23)/t14?,15-,16?,18+,19-,20-/m1/s1. The molecule has 0 spiro atoms. The Morgan fingerprint density at radius 2 is 2.00 bits per heavy atom. The van der Waals surface area contributed by atoms with E-state index in [9.17, 15) is 15.0 Å². The summed E-state index contributed by atoms with van der Waals surface area (Å²) in [5.41, 5.74) is 0.380. The molecule has 0 aromatic rings. The lowest BCUT2D eigenvalue weighted by Gasteiger charge is -2.60. The van der Waals surface area contributed by atoms with Crippen LogP contribution in [0.3, 0.4) is 0 Å². The van der Waals surface area contributed by atoms with Gasteiger partial charge in [-0.15, -0.1) is 6.58 Å². The minimum Gasteiger partial charge on any atom is -0.481 e. The Bertz CT molecular complexity index is 565. The molecule has 128 valence electrons. The van der Waals surface area contributed by atoms with Crippen molar-refractivity contribution in [2.45, 2.75) is 65.4 Å². The number of carboxylic acids is 1. The number of fused-ring (bicyclic) bond motifs is 3. The third-order valence-electron chi connectivity index (χ3n) is 7.44. The second-order valence-corrected chi connectivity index (χ2v) is 8.83. The summed E-state index contributed by atoms with van der Waals surface area (Å²) in [6, 6.07) is 0. The zero-order chi connectivity index (χ0) is 17.0. The second-order valence-electron chi connectivity index (χ2n) is 8.83. The predicted molar refractivity (Wildman–Crippen MR) is 90.9 cm³/mol. The lowest BCUT2D eigenvalue weighted by atomic mass is 9.44. The zero-order valence-electron chi connectivity index (χ0n) is 14.6. The van der Waals surface area contributed by atoms with Gasteiger partial charge in [0, 0.05) is 5.41 Å². The molecule has 3 rings (SSSR count). The van der Waals surface area contributed by atoms with Gasteiger partial charge in [-0.25, -0.2) is 0 Å². The topological polar surface area (TPSA) is 57.5 Å². The fourth-order valence-electron chi connectivity index (χ4n) is 5.85. The summed E-state index contributed by atoms with van der Waals surface area (Å²) in [7, 11) is 0. The van der Waals surface area contributed by atoms with Gasteiger partial charge < -0.3 is 10.2 Å². The van der Waals surface area contributed by atoms with Crippen molar-refractivity contribution in [1.82, 2.24) is 0 Å². The van der Waals surface area contributed by atoms with Gasteiger partial charge in [0.15, 0.2) is 0 Å². The van der Waals surface area contributed by atoms with Crippen LogP contribution < -0.4 is 0 Å². The van der Waals surface area contributed by atoms with E-state index in [0.717, 1.165) is 37.7 Å². The number of carboxylic acid groups (broad SMARTS) is 1. The Labute approximate surface area is 139 Å². The van der Waals surface area contributed by atoms with E-state index in [1.165, 1.54) is 0 Å². The molecule has 0 aliphatic heterocycles. The molecule has 0 heterocycles. The SMILES string of the molecule is C=C[C@]1(C)C=C2C(CC1)[C@@]1(C)CCC[C@@](C)(C(=O)O)C1C[C@H]2O. The number of aliphatic hydroxyl groups excluding tert-OH is 1. The minimum absolute atomic E-state index is 0.0149. The summed E-state index contributed by atoms with van der Waals surface area (Å²) in [5, 5.41) is 20.6. The van der Waals surface area contributed by atoms with Crippen molar-refractivity contribution in [2.24, 2.45) is 28.1 Å². The van der Waals surface area contributed by atoms with E-state index in [0.29, 0.717) is 12.3 Å². The van der Waals surface area contributed by atoms with E-state index in [1.807, 2.05) is 13.0 Å². The van der Waals surface area contributed by atoms with E-state index in [-0.39, 0.29) is 16.7 Å². The third kappa shape index (κ3) is 2.31. The Hall–Kier alpha value is -1.09. The molecule has 0 aromatic heterocycles. The van der Waals surface area contributed by atoms with Crippen molar-refractivity contribution in [3.05, 3.63) is 24.3 Å². The van der Waals surface area contributed by atoms with Gasteiger partial charge in [0.2, 0.25) is 0 Å². The molecule has 2 unspecified atom stereocenters. The number of hydrogen-bond acceptors (Lipinski definition) is 2. The van der Waals surface area contributed by atoms with Gasteiger partial charge in [0.05, 0.1) is 11.5 Å². The van der Waals surface area contributed by atoms with Crippen LogP contribution in [0.2, 0.25) is 0 Å². The molecule has 3 heteroatoms. The molecule has 2 saturated carbocycles. The van der Waals surface area contributed by atoms with E-state index in [2.05, 4.69) is 26.5 Å². The number of aliphatic hydroxyl groups is 1. The summed E-state index contributed by atoms with van der Waals surface area (Å²) in [4.78, 5) is 12.0. The van der Waals surface area contributed by atoms with Crippen LogP contribution >= 0.6 is 0 Å². The van der Waals surface area contributed by atoms with E-state index < -0.39 is 17.5 Å². The van der Waals surface area contributed by atoms with Crippen molar-refractivity contribution in [3.8, 4) is 0 Å². The highest BCUT2D eigenvalue weighted by molar-refractivity contribution is 5.75. The first-order valence-electron chi connectivity index (χ1n) is 8.94. The molecule has 0 bridgehead atoms. The van der Waals surface area contributed by atoms with Crippen LogP contribution in [0.4, 0.5) is 0 Å². The smallest absolute Gasteiger partial charge is 0.309 e. The molecule has 0 saturated heterocycles. The maximum atomic E-state index is 12.0. The quantitative estimate of drug-likeness (QED) is 0.751. The van der Waals surface area contributed by atoms with Gasteiger partial charge in [-0.2, -0.15) is 0 Å². The van der Waals surface area contributed by atoms with E-state index in [4.69, 9.17) is 0 Å². The fourth-order valence-corrected chi connectivity index (χ4v) is 5.85. The molecular formula is C20H30O3. The predicted octanol–water partition coefficient (Wildman–Crippen LogP) is 4.18. The van der Waals surface area contributed by atoms with Crippen LogP contribution in [0.25, 0.3) is 0 Å². The molecule has 0 radical (unpaired) electrons. The van der Waals surface area contributed by atoms with Crippen LogP contribution in [0.15, 0.2) is 24.3 Å². The lowest BCUT2D eigenvalue weighted by Crippen LogP contribution is -2.57. The van der Waals surface area contributed by atoms with Crippen LogP contribution in [-0.2, 0) is 4.79 Å². The van der Waals surface area contributed by atoms with Crippen LogP contribution in [0.5, 0.6) is 0 Å². The summed E-state index contributed by atoms with van der Waals surface area (Å²) in [6.07, 6.45) is 9.10. The average molecular weight is 318 g/mol. The molecule has 3 aliphatic rings. The second kappa shape index (κ2) is 5.20. The highest BCUT2D eigenvalue weighted by Gasteiger charge is 2.60. The molecule has 0 aromatic carbocycles. The maximum Gasteiger partial charge on any atom is 0.309 e. The molecule has 2 N–H and O–H groups in total. The summed E-state index contributed by atoms with van der Waals surface area (Å²) < 4.78 is 0. The third-order valence-corrected chi connectivity index (χ3v) is 7.44. The maximum absolute atomic E-state index is 12.0. The largest absolute Gasteiger partial charge is 0.481 e. The number of hydrogen-bond donors (Lipinski definition) is 2. The van der Waals surface area contributed by atoms with E-state index in [1.54, 1.807) is 0 Å². The summed E-state index contributed by atoms with van der Waals surface area (Å²) >= 11 is 0. The summed E-state index contributed by atoms with van der Waals surface area (Å²) in [6.45, 7) is 10.3. The van der Waals surface area contributed by atoms with Crippen molar-refractivity contribution in [1.29, 1.82) is 0 Å². The van der Waals surface area contributed by atoms with Crippen LogP contribution in [0, 0.1) is 28.1 Å². The van der Waals surface area contributed by atoms with Gasteiger partial charge in [-0.1, -0.05) is 32.4 Å². The molecule has 3 aliphatic carbocycles. The van der Waals surface area contributed by atoms with Crippen molar-refractivity contribution < 1.29 is 15.0 Å². The van der Waals surface area contributed by atoms with E-state index >= 15 is 0 Å². The zero-order valence-corrected chi connectivity index (χ0v) is 14.6. The van der Waals surface area contributed by atoms with Gasteiger partial charge in [-0.3, -0.25) is 4.79 Å². The van der Waals surface area contributed by atoms with Crippen LogP contribution in [0.1, 0.15) is 59.3 Å². The first kappa shape index (κ1) is 16.8. The molecule has 0 amide bonds. The Kier molecular flexibility index (Phi) is 3.79. The van der Waals surface area contributed by atoms with Gasteiger partial charge >= 0.3 is 5.97 Å². The van der Waals surface area contributed by atoms with Gasteiger partial charge in [-0.05, 0) is 61.9 Å². The normalized spacial score (nSPS) is 49.6. The monoisotopic (exact) mass is 318 g/mol. The average Bonchev–Trinajstić information content (AvgIpc) is 2.50. The first-order chi connectivity index (χ1) is 10.7. The van der Waals surface area contributed by atoms with Crippen LogP contribution in [-0.4, -0.2) is 22.3 Å². The fraction of sp³-hybridized carbons (Fsp3) is 0.750. The molecule has 6 atom stereocenters. The Morgan fingerprint density at radius 3 is 2.61 bits per heavy atom. The number of carbonyl (C=O) groups is 1. The minimum atomic E-state index is -0.710. The highest BCUT2D eigenvalue weighted by Crippen LogP contribution is 2.63. The Morgan fingerprint density at radius 1 is 1.30 bits per heavy atom. The summed E-state index contributed by atoms with van der Waals surface area (Å²) in [5.74, 6) is -0.338. The highest BCUT2D eigenvalue weighted by atomic mass is 16.4. The van der Waals surface area contributed by atoms with Crippen molar-refractivity contribution in [2.75, 3.05) is 0 Å².